The second kappa shape index (κ2) is 7.11. The molecule has 3 rings (SSSR count). The molecular weight excluding hydrogens is 372 g/mol. The summed E-state index contributed by atoms with van der Waals surface area (Å²) >= 11 is 0. The highest BCUT2D eigenvalue weighted by atomic mass is 32.2. The van der Waals surface area contributed by atoms with Crippen LogP contribution in [-0.2, 0) is 19.9 Å². The quantitative estimate of drug-likeness (QED) is 0.828. The largest absolute Gasteiger partial charge is 0.330 e. The van der Waals surface area contributed by atoms with Crippen molar-refractivity contribution in [3.05, 3.63) is 60.2 Å². The Bertz CT molecular complexity index is 989. The minimum Gasteiger partial charge on any atom is -0.330 e. The third-order valence-electron chi connectivity index (χ3n) is 4.80. The topological polar surface area (TPSA) is 97.5 Å². The zero-order valence-electron chi connectivity index (χ0n) is 14.4. The zero-order chi connectivity index (χ0) is 18.9. The van der Waals surface area contributed by atoms with Gasteiger partial charge in [-0.25, -0.2) is 16.8 Å². The van der Waals surface area contributed by atoms with E-state index in [-0.39, 0.29) is 34.7 Å². The van der Waals surface area contributed by atoms with Crippen LogP contribution in [0.5, 0.6) is 0 Å². The lowest BCUT2D eigenvalue weighted by molar-refractivity contribution is 0.457. The van der Waals surface area contributed by atoms with Gasteiger partial charge in [-0.05, 0) is 30.2 Å². The van der Waals surface area contributed by atoms with Gasteiger partial charge < -0.3 is 5.73 Å². The maximum absolute atomic E-state index is 13.2. The van der Waals surface area contributed by atoms with Crippen LogP contribution >= 0.6 is 0 Å². The first-order chi connectivity index (χ1) is 12.2. The van der Waals surface area contributed by atoms with Gasteiger partial charge >= 0.3 is 0 Å². The molecule has 1 aliphatic rings. The first-order valence-corrected chi connectivity index (χ1v) is 11.6. The Hall–Kier alpha value is -1.74. The minimum absolute atomic E-state index is 0.0126. The number of nitrogens with two attached hydrogens (primary N) is 1. The van der Waals surface area contributed by atoms with Crippen molar-refractivity contribution in [2.24, 2.45) is 11.7 Å². The summed E-state index contributed by atoms with van der Waals surface area (Å²) in [6.45, 7) is 0.919. The summed E-state index contributed by atoms with van der Waals surface area (Å²) in [6.07, 6.45) is 1.01. The van der Waals surface area contributed by atoms with Crippen molar-refractivity contribution in [3.63, 3.8) is 0 Å². The third kappa shape index (κ3) is 3.55. The Labute approximate surface area is 154 Å². The average Bonchev–Trinajstić information content (AvgIpc) is 3.07. The maximum atomic E-state index is 13.2. The van der Waals surface area contributed by atoms with Gasteiger partial charge in [-0.3, -0.25) is 0 Å². The van der Waals surface area contributed by atoms with Gasteiger partial charge in [0.25, 0.3) is 0 Å². The molecule has 2 atom stereocenters. The molecule has 6 nitrogen and oxygen atoms in total. The van der Waals surface area contributed by atoms with Crippen LogP contribution < -0.4 is 5.73 Å². The molecule has 1 heterocycles. The molecule has 0 bridgehead atoms. The Morgan fingerprint density at radius 2 is 1.50 bits per heavy atom. The second-order valence-electron chi connectivity index (χ2n) is 6.55. The Morgan fingerprint density at radius 3 is 2.08 bits per heavy atom. The third-order valence-corrected chi connectivity index (χ3v) is 7.98. The number of rotatable bonds is 5. The molecule has 1 aliphatic heterocycles. The van der Waals surface area contributed by atoms with Gasteiger partial charge in [0.2, 0.25) is 10.0 Å². The van der Waals surface area contributed by atoms with E-state index in [1.165, 1.54) is 28.6 Å². The second-order valence-corrected chi connectivity index (χ2v) is 10.4. The maximum Gasteiger partial charge on any atom is 0.244 e. The lowest BCUT2D eigenvalue weighted by atomic mass is 9.89. The van der Waals surface area contributed by atoms with Crippen LogP contribution in [0.4, 0.5) is 0 Å². The number of sulfonamides is 1. The minimum atomic E-state index is -3.94. The number of hydrogen-bond acceptors (Lipinski definition) is 5. The molecule has 2 aromatic carbocycles. The Balaban J connectivity index is 2.00. The zero-order valence-corrected chi connectivity index (χ0v) is 16.1. The van der Waals surface area contributed by atoms with E-state index in [0.717, 1.165) is 11.8 Å². The van der Waals surface area contributed by atoms with Crippen molar-refractivity contribution < 1.29 is 16.8 Å². The van der Waals surface area contributed by atoms with Gasteiger partial charge in [0, 0.05) is 25.3 Å². The first kappa shape index (κ1) is 19.0. The monoisotopic (exact) mass is 394 g/mol. The summed E-state index contributed by atoms with van der Waals surface area (Å²) in [7, 11) is -7.60. The van der Waals surface area contributed by atoms with E-state index in [4.69, 9.17) is 5.73 Å². The molecule has 0 aliphatic carbocycles. The molecule has 8 heteroatoms. The summed E-state index contributed by atoms with van der Waals surface area (Å²) in [4.78, 5) is -0.348. The Morgan fingerprint density at radius 1 is 0.923 bits per heavy atom. The van der Waals surface area contributed by atoms with Crippen molar-refractivity contribution in [2.45, 2.75) is 15.7 Å². The van der Waals surface area contributed by atoms with Crippen LogP contribution in [0.2, 0.25) is 0 Å². The van der Waals surface area contributed by atoms with Crippen molar-refractivity contribution in [1.82, 2.24) is 4.31 Å². The van der Waals surface area contributed by atoms with Gasteiger partial charge in [-0.15, -0.1) is 0 Å². The lowest BCUT2D eigenvalue weighted by Gasteiger charge is -2.18. The normalized spacial score (nSPS) is 21.8. The number of nitrogens with zero attached hydrogens (tertiary/aromatic N) is 1. The Kier molecular flexibility index (Phi) is 5.21. The van der Waals surface area contributed by atoms with E-state index in [0.29, 0.717) is 6.54 Å². The van der Waals surface area contributed by atoms with Crippen LogP contribution in [0, 0.1) is 5.92 Å². The molecule has 1 saturated heterocycles. The SMILES string of the molecule is CS(=O)(=O)c1ccccc1S(=O)(=O)N1C[C@@H](CN)[C@H](c2ccccc2)C1. The van der Waals surface area contributed by atoms with E-state index < -0.39 is 19.9 Å². The van der Waals surface area contributed by atoms with Crippen LogP contribution in [0.15, 0.2) is 64.4 Å². The van der Waals surface area contributed by atoms with Gasteiger partial charge in [0.15, 0.2) is 9.84 Å². The molecule has 0 amide bonds. The number of sulfone groups is 1. The molecule has 0 radical (unpaired) electrons. The predicted octanol–water partition coefficient (Wildman–Crippen LogP) is 1.45. The van der Waals surface area contributed by atoms with E-state index >= 15 is 0 Å². The number of benzene rings is 2. The lowest BCUT2D eigenvalue weighted by Crippen LogP contribution is -2.31. The van der Waals surface area contributed by atoms with Gasteiger partial charge in [0.05, 0.1) is 4.90 Å². The van der Waals surface area contributed by atoms with Gasteiger partial charge in [-0.2, -0.15) is 4.31 Å². The summed E-state index contributed by atoms with van der Waals surface area (Å²) < 4.78 is 51.7. The summed E-state index contributed by atoms with van der Waals surface area (Å²) in [6, 6.07) is 15.4. The van der Waals surface area contributed by atoms with Crippen molar-refractivity contribution in [1.29, 1.82) is 0 Å². The summed E-state index contributed by atoms with van der Waals surface area (Å²) in [5.74, 6) is -0.0288. The van der Waals surface area contributed by atoms with Crippen LogP contribution in [-0.4, -0.2) is 47.0 Å². The first-order valence-electron chi connectivity index (χ1n) is 8.29. The van der Waals surface area contributed by atoms with E-state index in [1.54, 1.807) is 0 Å². The fourth-order valence-electron chi connectivity index (χ4n) is 3.45. The standard InChI is InChI=1S/C18H22N2O4S2/c1-25(21,22)17-9-5-6-10-18(17)26(23,24)20-12-15(11-19)16(13-20)14-7-3-2-4-8-14/h2-10,15-16H,11-13,19H2,1H3/t15-,16+/m1/s1. The van der Waals surface area contributed by atoms with Crippen LogP contribution in [0.3, 0.4) is 0 Å². The average molecular weight is 395 g/mol. The molecule has 1 fully saturated rings. The highest BCUT2D eigenvalue weighted by Crippen LogP contribution is 2.36. The predicted molar refractivity (Wildman–Crippen MR) is 100 cm³/mol. The highest BCUT2D eigenvalue weighted by molar-refractivity contribution is 7.93. The van der Waals surface area contributed by atoms with Crippen molar-refractivity contribution in [2.75, 3.05) is 25.9 Å². The molecule has 0 saturated carbocycles. The molecular formula is C18H22N2O4S2. The van der Waals surface area contributed by atoms with Gasteiger partial charge in [0.1, 0.15) is 4.90 Å². The molecule has 0 aromatic heterocycles. The van der Waals surface area contributed by atoms with Crippen molar-refractivity contribution in [3.8, 4) is 0 Å². The molecule has 2 N–H and O–H groups in total. The molecule has 140 valence electrons. The van der Waals surface area contributed by atoms with Crippen LogP contribution in [0.25, 0.3) is 0 Å². The van der Waals surface area contributed by atoms with E-state index in [9.17, 15) is 16.8 Å². The molecule has 0 unspecified atom stereocenters. The van der Waals surface area contributed by atoms with E-state index in [2.05, 4.69) is 0 Å². The summed E-state index contributed by atoms with van der Waals surface area (Å²) in [5.41, 5.74) is 6.93. The van der Waals surface area contributed by atoms with E-state index in [1.807, 2.05) is 30.3 Å². The summed E-state index contributed by atoms with van der Waals surface area (Å²) in [5, 5.41) is 0. The molecule has 2 aromatic rings. The smallest absolute Gasteiger partial charge is 0.244 e. The fraction of sp³-hybridized carbons (Fsp3) is 0.333. The molecule has 0 spiro atoms. The van der Waals surface area contributed by atoms with Gasteiger partial charge in [-0.1, -0.05) is 42.5 Å². The molecule has 26 heavy (non-hydrogen) atoms. The van der Waals surface area contributed by atoms with Crippen molar-refractivity contribution >= 4 is 19.9 Å². The highest BCUT2D eigenvalue weighted by Gasteiger charge is 2.40. The fourth-order valence-corrected chi connectivity index (χ4v) is 6.58. The van der Waals surface area contributed by atoms with Crippen LogP contribution in [0.1, 0.15) is 11.5 Å². The number of hydrogen-bond donors (Lipinski definition) is 1.